The van der Waals surface area contributed by atoms with E-state index in [2.05, 4.69) is 19.2 Å². The Morgan fingerprint density at radius 1 is 1.00 bits per heavy atom. The molecule has 0 heterocycles. The quantitative estimate of drug-likeness (QED) is 0.500. The number of anilines is 1. The SMILES string of the molecule is CCC(C)NC(=O)C(C)N(Cc1cccc(C)c1)C(=O)CN(c1ccc(C(C)C)cc1)S(C)(=O)=O. The van der Waals surface area contributed by atoms with Gasteiger partial charge in [-0.05, 0) is 56.4 Å². The van der Waals surface area contributed by atoms with Crippen molar-refractivity contribution in [3.63, 3.8) is 0 Å². The number of rotatable bonds is 11. The van der Waals surface area contributed by atoms with Gasteiger partial charge in [-0.25, -0.2) is 8.42 Å². The van der Waals surface area contributed by atoms with Crippen LogP contribution in [0.4, 0.5) is 5.69 Å². The van der Waals surface area contributed by atoms with Gasteiger partial charge >= 0.3 is 0 Å². The van der Waals surface area contributed by atoms with Crippen molar-refractivity contribution in [2.75, 3.05) is 17.1 Å². The predicted molar refractivity (Wildman–Crippen MR) is 142 cm³/mol. The number of benzene rings is 2. The second-order valence-electron chi connectivity index (χ2n) is 9.52. The fourth-order valence-corrected chi connectivity index (χ4v) is 4.54. The Labute approximate surface area is 210 Å². The van der Waals surface area contributed by atoms with Crippen molar-refractivity contribution in [2.24, 2.45) is 0 Å². The van der Waals surface area contributed by atoms with E-state index in [9.17, 15) is 18.0 Å². The number of aryl methyl sites for hydroxylation is 1. The minimum atomic E-state index is -3.74. The molecule has 0 fully saturated rings. The topological polar surface area (TPSA) is 86.8 Å². The number of nitrogens with one attached hydrogen (secondary N) is 1. The first kappa shape index (κ1) is 28.4. The van der Waals surface area contributed by atoms with Gasteiger partial charge in [0.1, 0.15) is 12.6 Å². The molecule has 0 aliphatic rings. The number of amides is 2. The van der Waals surface area contributed by atoms with Crippen LogP contribution in [-0.2, 0) is 26.2 Å². The summed E-state index contributed by atoms with van der Waals surface area (Å²) in [6.45, 7) is 11.4. The maximum Gasteiger partial charge on any atom is 0.244 e. The maximum absolute atomic E-state index is 13.6. The number of carbonyl (C=O) groups is 2. The first-order valence-corrected chi connectivity index (χ1v) is 13.9. The van der Waals surface area contributed by atoms with Crippen molar-refractivity contribution < 1.29 is 18.0 Å². The lowest BCUT2D eigenvalue weighted by molar-refractivity contribution is -0.139. The summed E-state index contributed by atoms with van der Waals surface area (Å²) >= 11 is 0. The van der Waals surface area contributed by atoms with Crippen molar-refractivity contribution in [1.29, 1.82) is 0 Å². The van der Waals surface area contributed by atoms with E-state index in [0.717, 1.165) is 33.7 Å². The lowest BCUT2D eigenvalue weighted by atomic mass is 10.0. The molecule has 0 spiro atoms. The molecular formula is C27H39N3O4S. The Morgan fingerprint density at radius 3 is 2.14 bits per heavy atom. The number of hydrogen-bond acceptors (Lipinski definition) is 4. The highest BCUT2D eigenvalue weighted by atomic mass is 32.2. The molecule has 2 aromatic rings. The number of sulfonamides is 1. The fraction of sp³-hybridized carbons (Fsp3) is 0.481. The normalized spacial score (nSPS) is 13.3. The van der Waals surface area contributed by atoms with E-state index in [1.807, 2.05) is 57.2 Å². The third kappa shape index (κ3) is 8.09. The molecule has 0 aromatic heterocycles. The van der Waals surface area contributed by atoms with Crippen LogP contribution < -0.4 is 9.62 Å². The molecule has 1 N–H and O–H groups in total. The molecule has 35 heavy (non-hydrogen) atoms. The van der Waals surface area contributed by atoms with E-state index in [0.29, 0.717) is 11.6 Å². The smallest absolute Gasteiger partial charge is 0.244 e. The van der Waals surface area contributed by atoms with Crippen molar-refractivity contribution in [2.45, 2.75) is 72.5 Å². The van der Waals surface area contributed by atoms with Gasteiger partial charge in [-0.2, -0.15) is 0 Å². The molecule has 2 atom stereocenters. The average Bonchev–Trinajstić information content (AvgIpc) is 2.79. The summed E-state index contributed by atoms with van der Waals surface area (Å²) in [5, 5.41) is 2.93. The molecule has 2 rings (SSSR count). The van der Waals surface area contributed by atoms with Crippen LogP contribution in [0.3, 0.4) is 0 Å². The second-order valence-corrected chi connectivity index (χ2v) is 11.4. The molecule has 0 saturated carbocycles. The maximum atomic E-state index is 13.6. The lowest BCUT2D eigenvalue weighted by Crippen LogP contribution is -2.52. The molecule has 2 amide bonds. The van der Waals surface area contributed by atoms with Gasteiger partial charge in [0.15, 0.2) is 0 Å². The summed E-state index contributed by atoms with van der Waals surface area (Å²) in [4.78, 5) is 28.0. The highest BCUT2D eigenvalue weighted by Gasteiger charge is 2.30. The van der Waals surface area contributed by atoms with Crippen LogP contribution in [-0.4, -0.2) is 50.0 Å². The minimum Gasteiger partial charge on any atom is -0.352 e. The summed E-state index contributed by atoms with van der Waals surface area (Å²) in [7, 11) is -3.74. The van der Waals surface area contributed by atoms with Gasteiger partial charge in [-0.15, -0.1) is 0 Å². The van der Waals surface area contributed by atoms with Crippen LogP contribution in [0.2, 0.25) is 0 Å². The summed E-state index contributed by atoms with van der Waals surface area (Å²) < 4.78 is 26.5. The zero-order valence-corrected chi connectivity index (χ0v) is 22.7. The summed E-state index contributed by atoms with van der Waals surface area (Å²) in [6.07, 6.45) is 1.85. The van der Waals surface area contributed by atoms with Crippen molar-refractivity contribution in [3.8, 4) is 0 Å². The fourth-order valence-electron chi connectivity index (χ4n) is 3.69. The average molecular weight is 502 g/mol. The lowest BCUT2D eigenvalue weighted by Gasteiger charge is -2.32. The Bertz CT molecular complexity index is 1110. The molecule has 0 bridgehead atoms. The molecule has 2 aromatic carbocycles. The van der Waals surface area contributed by atoms with E-state index < -0.39 is 28.5 Å². The van der Waals surface area contributed by atoms with E-state index >= 15 is 0 Å². The van der Waals surface area contributed by atoms with E-state index in [4.69, 9.17) is 0 Å². The largest absolute Gasteiger partial charge is 0.352 e. The molecular weight excluding hydrogens is 462 g/mol. The van der Waals surface area contributed by atoms with Gasteiger partial charge in [0, 0.05) is 12.6 Å². The van der Waals surface area contributed by atoms with Crippen molar-refractivity contribution in [1.82, 2.24) is 10.2 Å². The Balaban J connectivity index is 2.38. The standard InChI is InChI=1S/C27H39N3O4S/c1-8-21(5)28-27(32)22(6)29(17-23-11-9-10-20(4)16-23)26(31)18-30(35(7,33)34)25-14-12-24(13-15-25)19(2)3/h9-16,19,21-22H,8,17-18H2,1-7H3,(H,28,32). The van der Waals surface area contributed by atoms with Crippen LogP contribution in [0.15, 0.2) is 48.5 Å². The molecule has 0 radical (unpaired) electrons. The Hall–Kier alpha value is -2.87. The van der Waals surface area contributed by atoms with Crippen molar-refractivity contribution in [3.05, 3.63) is 65.2 Å². The molecule has 0 saturated heterocycles. The van der Waals surface area contributed by atoms with E-state index in [1.54, 1.807) is 19.1 Å². The molecule has 2 unspecified atom stereocenters. The number of nitrogens with zero attached hydrogens (tertiary/aromatic N) is 2. The second kappa shape index (κ2) is 12.2. The van der Waals surface area contributed by atoms with Crippen LogP contribution in [0, 0.1) is 6.92 Å². The van der Waals surface area contributed by atoms with E-state index in [-0.39, 0.29) is 18.5 Å². The first-order valence-electron chi connectivity index (χ1n) is 12.1. The molecule has 192 valence electrons. The summed E-state index contributed by atoms with van der Waals surface area (Å²) in [5.74, 6) is -0.420. The molecule has 7 nitrogen and oxygen atoms in total. The third-order valence-corrected chi connectivity index (χ3v) is 7.27. The Morgan fingerprint density at radius 2 is 1.63 bits per heavy atom. The van der Waals surface area contributed by atoms with Crippen LogP contribution in [0.25, 0.3) is 0 Å². The van der Waals surface area contributed by atoms with Gasteiger partial charge in [0.25, 0.3) is 0 Å². The zero-order chi connectivity index (χ0) is 26.3. The third-order valence-electron chi connectivity index (χ3n) is 6.13. The van der Waals surface area contributed by atoms with Crippen LogP contribution >= 0.6 is 0 Å². The van der Waals surface area contributed by atoms with E-state index in [1.165, 1.54) is 4.90 Å². The summed E-state index contributed by atoms with van der Waals surface area (Å²) in [5.41, 5.74) is 3.39. The van der Waals surface area contributed by atoms with Gasteiger partial charge in [-0.1, -0.05) is 62.7 Å². The van der Waals surface area contributed by atoms with Crippen LogP contribution in [0.1, 0.15) is 63.6 Å². The monoisotopic (exact) mass is 501 g/mol. The van der Waals surface area contributed by atoms with Crippen LogP contribution in [0.5, 0.6) is 0 Å². The minimum absolute atomic E-state index is 0.0344. The predicted octanol–water partition coefficient (Wildman–Crippen LogP) is 4.22. The molecule has 8 heteroatoms. The molecule has 0 aliphatic carbocycles. The zero-order valence-electron chi connectivity index (χ0n) is 21.9. The number of hydrogen-bond donors (Lipinski definition) is 1. The highest BCUT2D eigenvalue weighted by molar-refractivity contribution is 7.92. The highest BCUT2D eigenvalue weighted by Crippen LogP contribution is 2.23. The van der Waals surface area contributed by atoms with Gasteiger partial charge in [-0.3, -0.25) is 13.9 Å². The first-order chi connectivity index (χ1) is 16.3. The Kier molecular flexibility index (Phi) is 9.89. The number of carbonyl (C=O) groups excluding carboxylic acids is 2. The van der Waals surface area contributed by atoms with Gasteiger partial charge in [0.05, 0.1) is 11.9 Å². The molecule has 0 aliphatic heterocycles. The van der Waals surface area contributed by atoms with Gasteiger partial charge in [0.2, 0.25) is 21.8 Å². The summed E-state index contributed by atoms with van der Waals surface area (Å²) in [6, 6.07) is 14.1. The van der Waals surface area contributed by atoms with Crippen molar-refractivity contribution >= 4 is 27.5 Å². The van der Waals surface area contributed by atoms with Gasteiger partial charge < -0.3 is 10.2 Å².